The Labute approximate surface area is 152 Å². The lowest BCUT2D eigenvalue weighted by molar-refractivity contribution is -0.124. The summed E-state index contributed by atoms with van der Waals surface area (Å²) < 4.78 is 0. The summed E-state index contributed by atoms with van der Waals surface area (Å²) in [5.74, 6) is -0.565. The summed E-state index contributed by atoms with van der Waals surface area (Å²) in [7, 11) is 0. The van der Waals surface area contributed by atoms with Crippen LogP contribution in [-0.2, 0) is 9.59 Å². The van der Waals surface area contributed by atoms with Gasteiger partial charge in [0, 0.05) is 23.6 Å². The van der Waals surface area contributed by atoms with Crippen LogP contribution in [0.1, 0.15) is 29.5 Å². The van der Waals surface area contributed by atoms with Crippen molar-refractivity contribution in [1.29, 1.82) is 0 Å². The third-order valence-electron chi connectivity index (χ3n) is 3.60. The molecule has 5 nitrogen and oxygen atoms in total. The van der Waals surface area contributed by atoms with E-state index >= 15 is 0 Å². The summed E-state index contributed by atoms with van der Waals surface area (Å²) in [4.78, 5) is 23.7. The van der Waals surface area contributed by atoms with E-state index in [0.29, 0.717) is 10.7 Å². The van der Waals surface area contributed by atoms with Crippen LogP contribution >= 0.6 is 11.6 Å². The molecule has 0 radical (unpaired) electrons. The highest BCUT2D eigenvalue weighted by atomic mass is 35.5. The van der Waals surface area contributed by atoms with E-state index in [9.17, 15) is 9.59 Å². The summed E-state index contributed by atoms with van der Waals surface area (Å²) >= 11 is 6.01. The van der Waals surface area contributed by atoms with Gasteiger partial charge in [0.1, 0.15) is 0 Å². The van der Waals surface area contributed by atoms with Gasteiger partial charge < -0.3 is 5.32 Å². The first-order chi connectivity index (χ1) is 12.0. The van der Waals surface area contributed by atoms with E-state index in [1.165, 1.54) is 0 Å². The van der Waals surface area contributed by atoms with Crippen molar-refractivity contribution in [3.05, 3.63) is 64.2 Å². The quantitative estimate of drug-likeness (QED) is 0.609. The lowest BCUT2D eigenvalue weighted by Gasteiger charge is -2.09. The Kier molecular flexibility index (Phi) is 6.71. The van der Waals surface area contributed by atoms with E-state index in [2.05, 4.69) is 15.8 Å². The Morgan fingerprint density at radius 2 is 1.72 bits per heavy atom. The van der Waals surface area contributed by atoms with Crippen LogP contribution < -0.4 is 10.7 Å². The second kappa shape index (κ2) is 8.99. The molecule has 0 aromatic heterocycles. The van der Waals surface area contributed by atoms with Gasteiger partial charge in [0.15, 0.2) is 0 Å². The first-order valence-electron chi connectivity index (χ1n) is 7.89. The second-order valence-electron chi connectivity index (χ2n) is 5.66. The van der Waals surface area contributed by atoms with Gasteiger partial charge in [-0.1, -0.05) is 47.5 Å². The Morgan fingerprint density at radius 3 is 2.44 bits per heavy atom. The average molecular weight is 358 g/mol. The molecule has 130 valence electrons. The molecule has 6 heteroatoms. The monoisotopic (exact) mass is 357 g/mol. The molecular formula is C19H20ClN3O2. The van der Waals surface area contributed by atoms with E-state index in [-0.39, 0.29) is 24.7 Å². The topological polar surface area (TPSA) is 70.6 Å². The molecule has 0 saturated heterocycles. The van der Waals surface area contributed by atoms with Gasteiger partial charge in [0.05, 0.1) is 6.21 Å². The van der Waals surface area contributed by atoms with Gasteiger partial charge in [0.2, 0.25) is 11.8 Å². The number of nitrogens with zero attached hydrogens (tertiary/aromatic N) is 1. The van der Waals surface area contributed by atoms with Crippen LogP contribution in [0.3, 0.4) is 0 Å². The number of rotatable bonds is 6. The zero-order chi connectivity index (χ0) is 18.2. The summed E-state index contributed by atoms with van der Waals surface area (Å²) in [6, 6.07) is 13.0. The number of carbonyl (C=O) groups excluding carboxylic acids is 2. The maximum Gasteiger partial charge on any atom is 0.240 e. The van der Waals surface area contributed by atoms with Crippen LogP contribution in [0.2, 0.25) is 5.02 Å². The van der Waals surface area contributed by atoms with Gasteiger partial charge in [-0.3, -0.25) is 9.59 Å². The lowest BCUT2D eigenvalue weighted by atomic mass is 10.2. The molecule has 2 N–H and O–H groups in total. The minimum atomic E-state index is -0.318. The molecule has 0 aliphatic heterocycles. The molecule has 0 atom stereocenters. The molecule has 2 rings (SSSR count). The molecule has 0 heterocycles. The maximum absolute atomic E-state index is 11.9. The zero-order valence-corrected chi connectivity index (χ0v) is 14.9. The van der Waals surface area contributed by atoms with Crippen LogP contribution in [0, 0.1) is 13.8 Å². The molecule has 0 aliphatic rings. The number of amides is 2. The summed E-state index contributed by atoms with van der Waals surface area (Å²) in [5.41, 5.74) is 5.90. The van der Waals surface area contributed by atoms with Crippen molar-refractivity contribution in [2.24, 2.45) is 5.10 Å². The van der Waals surface area contributed by atoms with Crippen LogP contribution in [0.25, 0.3) is 0 Å². The fourth-order valence-electron chi connectivity index (χ4n) is 2.07. The lowest BCUT2D eigenvalue weighted by Crippen LogP contribution is -2.20. The van der Waals surface area contributed by atoms with E-state index in [0.717, 1.165) is 16.7 Å². The highest BCUT2D eigenvalue weighted by Crippen LogP contribution is 2.23. The molecular weight excluding hydrogens is 338 g/mol. The average Bonchev–Trinajstić information content (AvgIpc) is 2.59. The van der Waals surface area contributed by atoms with E-state index in [1.807, 2.05) is 38.1 Å². The van der Waals surface area contributed by atoms with Crippen molar-refractivity contribution in [3.63, 3.8) is 0 Å². The minimum absolute atomic E-state index is 0.0523. The number of hydrogen-bond acceptors (Lipinski definition) is 3. The van der Waals surface area contributed by atoms with Crippen LogP contribution in [0.15, 0.2) is 47.6 Å². The summed E-state index contributed by atoms with van der Waals surface area (Å²) in [6.07, 6.45) is 1.68. The number of carbonyl (C=O) groups is 2. The standard InChI is InChI=1S/C19H20ClN3O2/c1-13-6-8-15(9-7-13)12-21-23-19(25)11-10-18(24)22-17-5-3-4-16(20)14(17)2/h3-9,12H,10-11H2,1-2H3,(H,22,24)(H,23,25)/b21-12+. The third kappa shape index (κ3) is 6.04. The van der Waals surface area contributed by atoms with Gasteiger partial charge >= 0.3 is 0 Å². The highest BCUT2D eigenvalue weighted by Gasteiger charge is 2.09. The van der Waals surface area contributed by atoms with E-state index < -0.39 is 0 Å². The normalized spacial score (nSPS) is 10.7. The van der Waals surface area contributed by atoms with Gasteiger partial charge in [-0.15, -0.1) is 0 Å². The molecule has 0 spiro atoms. The highest BCUT2D eigenvalue weighted by molar-refractivity contribution is 6.31. The fraction of sp³-hybridized carbons (Fsp3) is 0.211. The first kappa shape index (κ1) is 18.7. The summed E-state index contributed by atoms with van der Waals surface area (Å²) in [5, 5.41) is 7.22. The molecule has 2 aromatic carbocycles. The van der Waals surface area contributed by atoms with Crippen molar-refractivity contribution in [2.75, 3.05) is 5.32 Å². The Balaban J connectivity index is 1.76. The number of benzene rings is 2. The third-order valence-corrected chi connectivity index (χ3v) is 4.01. The van der Waals surface area contributed by atoms with Crippen molar-refractivity contribution < 1.29 is 9.59 Å². The smallest absolute Gasteiger partial charge is 0.240 e. The number of hydrazone groups is 1. The van der Waals surface area contributed by atoms with Crippen molar-refractivity contribution in [2.45, 2.75) is 26.7 Å². The van der Waals surface area contributed by atoms with E-state index in [4.69, 9.17) is 11.6 Å². The van der Waals surface area contributed by atoms with E-state index in [1.54, 1.807) is 24.4 Å². The van der Waals surface area contributed by atoms with Crippen LogP contribution in [0.4, 0.5) is 5.69 Å². The zero-order valence-electron chi connectivity index (χ0n) is 14.2. The minimum Gasteiger partial charge on any atom is -0.326 e. The van der Waals surface area contributed by atoms with Gasteiger partial charge in [-0.25, -0.2) is 5.43 Å². The molecule has 0 aliphatic carbocycles. The first-order valence-corrected chi connectivity index (χ1v) is 8.27. The molecule has 2 amide bonds. The number of halogens is 1. The van der Waals surface area contributed by atoms with Crippen LogP contribution in [0.5, 0.6) is 0 Å². The van der Waals surface area contributed by atoms with Crippen LogP contribution in [-0.4, -0.2) is 18.0 Å². The predicted molar refractivity (Wildman–Crippen MR) is 101 cm³/mol. The molecule has 0 saturated carbocycles. The Morgan fingerprint density at radius 1 is 1.04 bits per heavy atom. The van der Waals surface area contributed by atoms with Gasteiger partial charge in [0.25, 0.3) is 0 Å². The molecule has 0 bridgehead atoms. The predicted octanol–water partition coefficient (Wildman–Crippen LogP) is 3.83. The number of nitrogens with one attached hydrogen (secondary N) is 2. The number of anilines is 1. The number of hydrogen-bond donors (Lipinski definition) is 2. The fourth-order valence-corrected chi connectivity index (χ4v) is 2.24. The van der Waals surface area contributed by atoms with Crippen molar-refractivity contribution in [3.8, 4) is 0 Å². The SMILES string of the molecule is Cc1ccc(/C=N/NC(=O)CCC(=O)Nc2cccc(Cl)c2C)cc1. The second-order valence-corrected chi connectivity index (χ2v) is 6.07. The Hall–Kier alpha value is -2.66. The largest absolute Gasteiger partial charge is 0.326 e. The maximum atomic E-state index is 11.9. The van der Waals surface area contributed by atoms with Crippen molar-refractivity contribution >= 4 is 35.3 Å². The number of aryl methyl sites for hydroxylation is 1. The molecule has 25 heavy (non-hydrogen) atoms. The van der Waals surface area contributed by atoms with Gasteiger partial charge in [-0.05, 0) is 37.1 Å². The van der Waals surface area contributed by atoms with Crippen molar-refractivity contribution in [1.82, 2.24) is 5.43 Å². The summed E-state index contributed by atoms with van der Waals surface area (Å²) in [6.45, 7) is 3.82. The molecule has 0 fully saturated rings. The molecule has 0 unspecified atom stereocenters. The molecule has 2 aromatic rings. The Bertz CT molecular complexity index is 786. The van der Waals surface area contributed by atoms with Gasteiger partial charge in [-0.2, -0.15) is 5.10 Å².